The fraction of sp³-hybridized carbons (Fsp3) is 0.632. The van der Waals surface area contributed by atoms with Crippen molar-refractivity contribution in [2.45, 2.75) is 74.5 Å². The minimum absolute atomic E-state index is 0.382. The third kappa shape index (κ3) is 5.53. The van der Waals surface area contributed by atoms with Crippen molar-refractivity contribution in [3.8, 4) is 0 Å². The van der Waals surface area contributed by atoms with E-state index in [0.717, 1.165) is 13.8 Å². The Balaban J connectivity index is 3.05. The van der Waals surface area contributed by atoms with Crippen LogP contribution >= 0.6 is 0 Å². The Labute approximate surface area is 184 Å². The first-order valence-electron chi connectivity index (χ1n) is 9.14. The highest BCUT2D eigenvalue weighted by Gasteiger charge is 2.90. The van der Waals surface area contributed by atoms with Gasteiger partial charge in [-0.3, -0.25) is 4.79 Å². The number of ether oxygens (including phenoxy) is 1. The minimum atomic E-state index is -7.94. The first-order valence-corrected chi connectivity index (χ1v) is 9.14. The number of alkyl halides is 13. The van der Waals surface area contributed by atoms with Crippen LogP contribution in [0.3, 0.4) is 0 Å². The molecule has 0 bridgehead atoms. The van der Waals surface area contributed by atoms with Gasteiger partial charge in [-0.15, -0.1) is 0 Å². The van der Waals surface area contributed by atoms with E-state index < -0.39 is 66.6 Å². The summed E-state index contributed by atoms with van der Waals surface area (Å²) in [7, 11) is 0. The van der Waals surface area contributed by atoms with Crippen LogP contribution in [0.15, 0.2) is 30.3 Å². The van der Waals surface area contributed by atoms with Crippen LogP contribution in [0.2, 0.25) is 0 Å². The number of esters is 1. The van der Waals surface area contributed by atoms with Crippen LogP contribution in [0, 0.1) is 0 Å². The lowest BCUT2D eigenvalue weighted by Crippen LogP contribution is -2.70. The van der Waals surface area contributed by atoms with Crippen molar-refractivity contribution in [3.63, 3.8) is 0 Å². The van der Waals surface area contributed by atoms with Crippen LogP contribution in [0.5, 0.6) is 0 Å². The van der Waals surface area contributed by atoms with Crippen molar-refractivity contribution in [2.24, 2.45) is 0 Å². The molecule has 0 unspecified atom stereocenters. The minimum Gasteiger partial charge on any atom is -0.459 e. The van der Waals surface area contributed by atoms with Gasteiger partial charge in [0.25, 0.3) is 0 Å². The predicted octanol–water partition coefficient (Wildman–Crippen LogP) is 7.07. The van der Waals surface area contributed by atoms with Gasteiger partial charge in [-0.25, -0.2) is 0 Å². The van der Waals surface area contributed by atoms with Gasteiger partial charge in [0.15, 0.2) is 0 Å². The predicted molar refractivity (Wildman–Crippen MR) is 90.3 cm³/mol. The molecule has 0 heterocycles. The molecule has 2 nitrogen and oxygen atoms in total. The van der Waals surface area contributed by atoms with Crippen LogP contribution in [-0.4, -0.2) is 47.4 Å². The second-order valence-corrected chi connectivity index (χ2v) is 7.90. The van der Waals surface area contributed by atoms with E-state index in [0.29, 0.717) is 5.56 Å². The number of halogens is 13. The Kier molecular flexibility index (Phi) is 7.98. The maximum absolute atomic E-state index is 13.9. The number of hydrogen-bond donors (Lipinski definition) is 0. The highest BCUT2D eigenvalue weighted by Crippen LogP contribution is 2.60. The molecule has 0 saturated heterocycles. The van der Waals surface area contributed by atoms with Gasteiger partial charge in [-0.1, -0.05) is 30.3 Å². The fourth-order valence-corrected chi connectivity index (χ4v) is 2.57. The molecule has 0 atom stereocenters. The zero-order chi connectivity index (χ0) is 27.0. The Morgan fingerprint density at radius 2 is 1.12 bits per heavy atom. The Morgan fingerprint density at radius 3 is 1.56 bits per heavy atom. The van der Waals surface area contributed by atoms with Crippen LogP contribution in [0.1, 0.15) is 32.3 Å². The fourth-order valence-electron chi connectivity index (χ4n) is 2.57. The lowest BCUT2D eigenvalue weighted by Gasteiger charge is -2.40. The van der Waals surface area contributed by atoms with E-state index in [-0.39, 0.29) is 0 Å². The van der Waals surface area contributed by atoms with Crippen LogP contribution in [0.4, 0.5) is 57.1 Å². The molecule has 0 saturated carbocycles. The van der Waals surface area contributed by atoms with Crippen molar-refractivity contribution in [1.82, 2.24) is 0 Å². The lowest BCUT2D eigenvalue weighted by molar-refractivity contribution is -0.440. The molecule has 196 valence electrons. The van der Waals surface area contributed by atoms with Gasteiger partial charge < -0.3 is 4.74 Å². The Hall–Kier alpha value is -2.22. The molecule has 0 fully saturated rings. The third-order valence-corrected chi connectivity index (χ3v) is 4.62. The average molecular weight is 524 g/mol. The molecular weight excluding hydrogens is 507 g/mol. The molecule has 0 N–H and O–H groups in total. The zero-order valence-electron chi connectivity index (χ0n) is 17.2. The van der Waals surface area contributed by atoms with Crippen LogP contribution in [-0.2, 0) is 16.0 Å². The van der Waals surface area contributed by atoms with E-state index in [1.54, 1.807) is 6.07 Å². The standard InChI is InChI=1S/C19H17F13O2/c1-13(2,34-12(33)10-11-6-4-3-5-7-11)8-9-14(20,21)15(22,23)16(24,25)17(26,27)18(28,29)19(30,31)32/h3-7H,8-10H2,1-2H3. The smallest absolute Gasteiger partial charge is 0.459 e. The molecule has 0 aliphatic carbocycles. The summed E-state index contributed by atoms with van der Waals surface area (Å²) >= 11 is 0. The number of benzene rings is 1. The second-order valence-electron chi connectivity index (χ2n) is 7.90. The second kappa shape index (κ2) is 9.10. The van der Waals surface area contributed by atoms with Crippen molar-refractivity contribution in [2.75, 3.05) is 0 Å². The van der Waals surface area contributed by atoms with Crippen molar-refractivity contribution >= 4 is 5.97 Å². The van der Waals surface area contributed by atoms with Gasteiger partial charge in [0.1, 0.15) is 5.60 Å². The molecule has 34 heavy (non-hydrogen) atoms. The van der Waals surface area contributed by atoms with Gasteiger partial charge in [0, 0.05) is 6.42 Å². The molecule has 0 amide bonds. The highest BCUT2D eigenvalue weighted by atomic mass is 19.4. The number of carbonyl (C=O) groups is 1. The maximum atomic E-state index is 13.9. The van der Waals surface area contributed by atoms with E-state index in [2.05, 4.69) is 0 Å². The SMILES string of the molecule is CC(C)(CCC(F)(F)C(F)(F)C(F)(F)C(F)(F)C(F)(F)C(F)(F)F)OC(=O)Cc1ccccc1. The summed E-state index contributed by atoms with van der Waals surface area (Å²) in [5.74, 6) is -38.2. The van der Waals surface area contributed by atoms with Crippen molar-refractivity contribution in [3.05, 3.63) is 35.9 Å². The number of hydrogen-bond acceptors (Lipinski definition) is 2. The third-order valence-electron chi connectivity index (χ3n) is 4.62. The summed E-state index contributed by atoms with van der Waals surface area (Å²) in [4.78, 5) is 11.9. The summed E-state index contributed by atoms with van der Waals surface area (Å²) in [6, 6.07) is 7.55. The summed E-state index contributed by atoms with van der Waals surface area (Å²) in [5, 5.41) is 0. The maximum Gasteiger partial charge on any atom is 0.460 e. The first-order chi connectivity index (χ1) is 14.9. The van der Waals surface area contributed by atoms with Crippen LogP contribution in [0.25, 0.3) is 0 Å². The van der Waals surface area contributed by atoms with Gasteiger partial charge >= 0.3 is 41.8 Å². The summed E-state index contributed by atoms with van der Waals surface area (Å²) < 4.78 is 175. The Bertz CT molecular complexity index is 846. The zero-order valence-corrected chi connectivity index (χ0v) is 17.2. The summed E-state index contributed by atoms with van der Waals surface area (Å²) in [5.41, 5.74) is -1.69. The van der Waals surface area contributed by atoms with E-state index in [1.165, 1.54) is 24.3 Å². The normalized spacial score (nSPS) is 14.8. The summed E-state index contributed by atoms with van der Waals surface area (Å²) in [6.45, 7) is 1.74. The molecule has 1 rings (SSSR count). The monoisotopic (exact) mass is 524 g/mol. The van der Waals surface area contributed by atoms with Gasteiger partial charge in [0.05, 0.1) is 6.42 Å². The highest BCUT2D eigenvalue weighted by molar-refractivity contribution is 5.72. The van der Waals surface area contributed by atoms with E-state index in [4.69, 9.17) is 4.74 Å². The van der Waals surface area contributed by atoms with E-state index in [1.807, 2.05) is 0 Å². The number of rotatable bonds is 10. The lowest BCUT2D eigenvalue weighted by atomic mass is 9.89. The van der Waals surface area contributed by atoms with Gasteiger partial charge in [-0.05, 0) is 25.8 Å². The molecular formula is C19H17F13O2. The van der Waals surface area contributed by atoms with Crippen molar-refractivity contribution < 1.29 is 66.6 Å². The van der Waals surface area contributed by atoms with Crippen molar-refractivity contribution in [1.29, 1.82) is 0 Å². The molecule has 0 spiro atoms. The molecule has 15 heteroatoms. The molecule has 0 aliphatic rings. The molecule has 0 aliphatic heterocycles. The molecule has 1 aromatic carbocycles. The molecule has 0 aromatic heterocycles. The van der Waals surface area contributed by atoms with Gasteiger partial charge in [0.2, 0.25) is 0 Å². The largest absolute Gasteiger partial charge is 0.460 e. The quantitative estimate of drug-likeness (QED) is 0.242. The number of carbonyl (C=O) groups excluding carboxylic acids is 1. The molecule has 0 radical (unpaired) electrons. The van der Waals surface area contributed by atoms with E-state index in [9.17, 15) is 61.9 Å². The Morgan fingerprint density at radius 1 is 0.676 bits per heavy atom. The average Bonchev–Trinajstić information content (AvgIpc) is 2.65. The summed E-state index contributed by atoms with van der Waals surface area (Å²) in [6.07, 6.45) is -11.7. The van der Waals surface area contributed by atoms with E-state index >= 15 is 0 Å². The first kappa shape index (κ1) is 29.8. The van der Waals surface area contributed by atoms with Gasteiger partial charge in [-0.2, -0.15) is 57.1 Å². The topological polar surface area (TPSA) is 26.3 Å². The molecule has 1 aromatic rings. The van der Waals surface area contributed by atoms with Crippen LogP contribution < -0.4 is 0 Å².